The van der Waals surface area contributed by atoms with E-state index < -0.39 is 0 Å². The maximum absolute atomic E-state index is 9.29. The highest BCUT2D eigenvalue weighted by molar-refractivity contribution is 7.80. The smallest absolute Gasteiger partial charge is 0.181 e. The van der Waals surface area contributed by atoms with Crippen molar-refractivity contribution in [1.29, 1.82) is 10.7 Å². The van der Waals surface area contributed by atoms with Crippen LogP contribution in [0, 0.1) is 23.7 Å². The summed E-state index contributed by atoms with van der Waals surface area (Å²) in [6.07, 6.45) is 4.94. The van der Waals surface area contributed by atoms with Crippen LogP contribution in [0.3, 0.4) is 0 Å². The number of rotatable bonds is 7. The molecule has 1 aliphatic heterocycles. The monoisotopic (exact) mass is 474 g/mol. The van der Waals surface area contributed by atoms with Gasteiger partial charge < -0.3 is 24.4 Å². The van der Waals surface area contributed by atoms with Gasteiger partial charge in [0, 0.05) is 29.2 Å². The molecule has 0 radical (unpaired) electrons. The molecule has 1 aliphatic carbocycles. The molecule has 34 heavy (non-hydrogen) atoms. The molecule has 1 atom stereocenters. The predicted molar refractivity (Wildman–Crippen MR) is 139 cm³/mol. The molecule has 1 unspecified atom stereocenters. The van der Waals surface area contributed by atoms with Crippen molar-refractivity contribution in [2.75, 3.05) is 12.0 Å². The van der Waals surface area contributed by atoms with E-state index >= 15 is 0 Å². The number of hydrogen-bond acceptors (Lipinski definition) is 5. The fourth-order valence-electron chi connectivity index (χ4n) is 4.87. The van der Waals surface area contributed by atoms with Crippen LogP contribution in [-0.2, 0) is 0 Å². The molecule has 7 heteroatoms. The number of furan rings is 1. The van der Waals surface area contributed by atoms with Crippen molar-refractivity contribution in [1.82, 2.24) is 4.90 Å². The van der Waals surface area contributed by atoms with Gasteiger partial charge in [-0.05, 0) is 82.9 Å². The van der Waals surface area contributed by atoms with E-state index in [0.29, 0.717) is 22.9 Å². The molecule has 1 saturated heterocycles. The van der Waals surface area contributed by atoms with Crippen LogP contribution < -0.4 is 9.64 Å². The van der Waals surface area contributed by atoms with E-state index in [4.69, 9.17) is 26.8 Å². The van der Waals surface area contributed by atoms with Crippen LogP contribution in [0.2, 0.25) is 0 Å². The van der Waals surface area contributed by atoms with E-state index in [0.717, 1.165) is 53.3 Å². The lowest BCUT2D eigenvalue weighted by Crippen LogP contribution is -2.51. The number of anilines is 1. The van der Waals surface area contributed by atoms with Gasteiger partial charge in [-0.1, -0.05) is 12.2 Å². The molecule has 6 nitrogen and oxygen atoms in total. The lowest BCUT2D eigenvalue weighted by Gasteiger charge is -2.45. The van der Waals surface area contributed by atoms with E-state index in [2.05, 4.69) is 17.5 Å². The summed E-state index contributed by atoms with van der Waals surface area (Å²) in [4.78, 5) is 4.19. The Kier molecular flexibility index (Phi) is 6.37. The van der Waals surface area contributed by atoms with E-state index in [1.54, 1.807) is 7.11 Å². The molecule has 2 aromatic rings. The third-order valence-electron chi connectivity index (χ3n) is 7.13. The highest BCUT2D eigenvalue weighted by Crippen LogP contribution is 2.52. The van der Waals surface area contributed by atoms with Crippen molar-refractivity contribution in [2.45, 2.75) is 58.0 Å². The second kappa shape index (κ2) is 9.11. The third-order valence-corrected chi connectivity index (χ3v) is 7.51. The first kappa shape index (κ1) is 23.8. The SMILES string of the molecule is C=C1N(C(C=N)C/C(C)=C(\C)C#N)C(=S)N(c2ccc(-c3ccc(C)o3)c(OC)c2)C12CCC2. The van der Waals surface area contributed by atoms with E-state index in [1.807, 2.05) is 56.0 Å². The molecule has 2 fully saturated rings. The zero-order chi connectivity index (χ0) is 24.6. The highest BCUT2D eigenvalue weighted by Gasteiger charge is 2.56. The van der Waals surface area contributed by atoms with E-state index in [1.165, 1.54) is 6.21 Å². The Bertz CT molecular complexity index is 1230. The first-order chi connectivity index (χ1) is 16.3. The summed E-state index contributed by atoms with van der Waals surface area (Å²) in [6, 6.07) is 11.8. The van der Waals surface area contributed by atoms with E-state index in [-0.39, 0.29) is 11.6 Å². The van der Waals surface area contributed by atoms with Crippen molar-refractivity contribution in [3.05, 3.63) is 59.5 Å². The van der Waals surface area contributed by atoms with Crippen LogP contribution >= 0.6 is 12.2 Å². The van der Waals surface area contributed by atoms with Crippen molar-refractivity contribution < 1.29 is 9.15 Å². The van der Waals surface area contributed by atoms with Gasteiger partial charge in [0.05, 0.1) is 30.3 Å². The normalized spacial score (nSPS) is 18.4. The van der Waals surface area contributed by atoms with Gasteiger partial charge in [-0.25, -0.2) is 0 Å². The highest BCUT2D eigenvalue weighted by atomic mass is 32.1. The van der Waals surface area contributed by atoms with Crippen LogP contribution in [-0.4, -0.2) is 34.9 Å². The summed E-state index contributed by atoms with van der Waals surface area (Å²) >= 11 is 6.02. The molecule has 0 amide bonds. The fourth-order valence-corrected chi connectivity index (χ4v) is 5.40. The number of ether oxygens (including phenoxy) is 1. The fraction of sp³-hybridized carbons (Fsp3) is 0.370. The Morgan fingerprint density at radius 2 is 2.09 bits per heavy atom. The predicted octanol–water partition coefficient (Wildman–Crippen LogP) is 6.38. The van der Waals surface area contributed by atoms with E-state index in [9.17, 15) is 5.26 Å². The minimum Gasteiger partial charge on any atom is -0.496 e. The van der Waals surface area contributed by atoms with Crippen LogP contribution in [0.25, 0.3) is 11.3 Å². The summed E-state index contributed by atoms with van der Waals surface area (Å²) < 4.78 is 11.6. The summed E-state index contributed by atoms with van der Waals surface area (Å²) in [5, 5.41) is 18.1. The van der Waals surface area contributed by atoms with Crippen molar-refractivity contribution in [3.63, 3.8) is 0 Å². The van der Waals surface area contributed by atoms with Gasteiger partial charge in [0.15, 0.2) is 5.11 Å². The molecular formula is C27H30N4O2S. The Morgan fingerprint density at radius 1 is 1.35 bits per heavy atom. The number of aryl methyl sites for hydroxylation is 1. The summed E-state index contributed by atoms with van der Waals surface area (Å²) in [6.45, 7) is 10.1. The second-order valence-electron chi connectivity index (χ2n) is 9.07. The van der Waals surface area contributed by atoms with Crippen molar-refractivity contribution >= 4 is 29.2 Å². The maximum Gasteiger partial charge on any atom is 0.181 e. The quantitative estimate of drug-likeness (QED) is 0.285. The van der Waals surface area contributed by atoms with Crippen LogP contribution in [0.1, 0.15) is 45.3 Å². The van der Waals surface area contributed by atoms with Gasteiger partial charge in [0.2, 0.25) is 0 Å². The molecular weight excluding hydrogens is 444 g/mol. The summed E-state index contributed by atoms with van der Waals surface area (Å²) in [5.74, 6) is 2.31. The van der Waals surface area contributed by atoms with Gasteiger partial charge in [0.25, 0.3) is 0 Å². The number of hydrogen-bond donors (Lipinski definition) is 1. The molecule has 1 aromatic heterocycles. The van der Waals surface area contributed by atoms with Gasteiger partial charge in [-0.15, -0.1) is 0 Å². The topological polar surface area (TPSA) is 76.5 Å². The first-order valence-electron chi connectivity index (χ1n) is 11.4. The van der Waals surface area contributed by atoms with Crippen LogP contribution in [0.15, 0.2) is 58.2 Å². The third kappa shape index (κ3) is 3.72. The van der Waals surface area contributed by atoms with Crippen LogP contribution in [0.4, 0.5) is 5.69 Å². The average Bonchev–Trinajstić information content (AvgIpc) is 3.34. The van der Waals surface area contributed by atoms with Crippen LogP contribution in [0.5, 0.6) is 5.75 Å². The number of nitriles is 1. The molecule has 2 aliphatic rings. The number of methoxy groups -OCH3 is 1. The molecule has 0 bridgehead atoms. The molecule has 1 N–H and O–H groups in total. The standard InChI is InChI=1S/C27H30N4O2S/c1-17(18(2)15-28)13-22(16-29)30-20(4)27(11-6-12-27)31(26(30)34)21-8-9-23(25(14-21)32-5)24-10-7-19(3)33-24/h7-10,14,16,22,29H,4,6,11-13H2,1-3,5H3/b18-17+,29-16?. The molecule has 4 rings (SSSR count). The number of allylic oxidation sites excluding steroid dienone is 1. The second-order valence-corrected chi connectivity index (χ2v) is 9.44. The largest absolute Gasteiger partial charge is 0.496 e. The zero-order valence-corrected chi connectivity index (χ0v) is 21.0. The number of nitrogens with zero attached hydrogens (tertiary/aromatic N) is 3. The van der Waals surface area contributed by atoms with Gasteiger partial charge in [0.1, 0.15) is 17.3 Å². The lowest BCUT2D eigenvalue weighted by molar-refractivity contribution is 0.282. The molecule has 1 saturated carbocycles. The summed E-state index contributed by atoms with van der Waals surface area (Å²) in [7, 11) is 1.66. The molecule has 176 valence electrons. The Labute approximate surface area is 206 Å². The Hall–Kier alpha value is -3.37. The minimum atomic E-state index is -0.298. The Balaban J connectivity index is 1.74. The number of benzene rings is 1. The molecule has 1 spiro atoms. The Morgan fingerprint density at radius 3 is 2.62 bits per heavy atom. The molecule has 1 aromatic carbocycles. The van der Waals surface area contributed by atoms with Crippen molar-refractivity contribution in [2.24, 2.45) is 0 Å². The first-order valence-corrected chi connectivity index (χ1v) is 11.8. The molecule has 2 heterocycles. The maximum atomic E-state index is 9.29. The average molecular weight is 475 g/mol. The number of nitrogens with one attached hydrogen (secondary N) is 1. The number of thiocarbonyl (C=S) groups is 1. The van der Waals surface area contributed by atoms with Gasteiger partial charge in [-0.3, -0.25) is 0 Å². The van der Waals surface area contributed by atoms with Crippen molar-refractivity contribution in [3.8, 4) is 23.1 Å². The van der Waals surface area contributed by atoms with Gasteiger partial charge in [-0.2, -0.15) is 5.26 Å². The zero-order valence-electron chi connectivity index (χ0n) is 20.1. The van der Waals surface area contributed by atoms with Gasteiger partial charge >= 0.3 is 0 Å². The lowest BCUT2D eigenvalue weighted by atomic mass is 9.73. The minimum absolute atomic E-state index is 0.293. The summed E-state index contributed by atoms with van der Waals surface area (Å²) in [5.41, 5.74) is 4.06.